The van der Waals surface area contributed by atoms with Crippen molar-refractivity contribution in [2.24, 2.45) is 0 Å². The quantitative estimate of drug-likeness (QED) is 0.188. The second-order valence-corrected chi connectivity index (χ2v) is 1.10. The minimum atomic E-state index is 0. The van der Waals surface area contributed by atoms with Gasteiger partial charge in [-0.1, -0.05) is 0 Å². The van der Waals surface area contributed by atoms with Gasteiger partial charge in [-0.15, -0.1) is 5.75 Å². The molecule has 0 aliphatic heterocycles. The van der Waals surface area contributed by atoms with Crippen LogP contribution in [-0.4, -0.2) is 5.75 Å². The van der Waals surface area contributed by atoms with Crippen molar-refractivity contribution in [3.63, 3.8) is 0 Å². The molecule has 4 heteroatoms. The summed E-state index contributed by atoms with van der Waals surface area (Å²) in [6.07, 6.45) is 0. The minimum absolute atomic E-state index is 0. The van der Waals surface area contributed by atoms with Gasteiger partial charge in [0.05, 0.1) is 0 Å². The third-order valence-electron chi connectivity index (χ3n) is 0.0816. The average molecular weight is 108 g/mol. The van der Waals surface area contributed by atoms with E-state index in [-0.39, 0.29) is 39.1 Å². The number of hydrogen-bond donors (Lipinski definition) is 2. The molecule has 0 aromatic rings. The number of rotatable bonds is 1. The Morgan fingerprint density at radius 3 is 1.67 bits per heavy atom. The molecule has 0 unspecified atom stereocenters. The van der Waals surface area contributed by atoms with Crippen LogP contribution in [0.15, 0.2) is 0 Å². The van der Waals surface area contributed by atoms with Crippen molar-refractivity contribution >= 4 is 25.3 Å². The van der Waals surface area contributed by atoms with Crippen LogP contribution < -0.4 is 37.7 Å². The largest absolute Gasteiger partial charge is 1.00 e. The van der Waals surface area contributed by atoms with Gasteiger partial charge in [0, 0.05) is 0 Å². The van der Waals surface area contributed by atoms with E-state index in [1.54, 1.807) is 5.75 Å². The molecule has 0 fully saturated rings. The van der Waals surface area contributed by atoms with Gasteiger partial charge in [-0.25, -0.2) is 12.6 Å². The Labute approximate surface area is 75.5 Å². The normalized spacial score (nSPS) is 5.00. The summed E-state index contributed by atoms with van der Waals surface area (Å²) in [4.78, 5) is 0. The van der Waals surface area contributed by atoms with Crippen LogP contribution in [0.3, 0.4) is 0 Å². The van der Waals surface area contributed by atoms with E-state index in [1.165, 1.54) is 0 Å². The van der Waals surface area contributed by atoms with E-state index in [1.807, 2.05) is 0 Å². The summed E-state index contributed by atoms with van der Waals surface area (Å²) in [6.45, 7) is 0. The summed E-state index contributed by atoms with van der Waals surface area (Å²) < 4.78 is 0. The molecule has 0 nitrogen and oxygen atoms in total. The maximum Gasteiger partial charge on any atom is 1.00 e. The van der Waals surface area contributed by atoms with Crippen molar-refractivity contribution < 1.29 is 39.1 Å². The van der Waals surface area contributed by atoms with Crippen LogP contribution in [0.5, 0.6) is 0 Å². The first kappa shape index (κ1) is 15.7. The van der Waals surface area contributed by atoms with E-state index >= 15 is 0 Å². The van der Waals surface area contributed by atoms with Crippen LogP contribution in [0.4, 0.5) is 0 Å². The zero-order valence-corrected chi connectivity index (χ0v) is 5.97. The molecular weight excluding hydrogens is 102 g/mol. The van der Waals surface area contributed by atoms with Crippen LogP contribution >= 0.6 is 25.3 Å². The van der Waals surface area contributed by atoms with E-state index in [2.05, 4.69) is 25.3 Å². The molecular formula is C2H6Li2S2. The molecule has 6 heavy (non-hydrogen) atoms. The third-order valence-corrected chi connectivity index (χ3v) is 0.735. The summed E-state index contributed by atoms with van der Waals surface area (Å²) in [5.41, 5.74) is 0. The van der Waals surface area contributed by atoms with Gasteiger partial charge in [0.15, 0.2) is 0 Å². The fourth-order valence-electron chi connectivity index (χ4n) is 0. The molecule has 0 aromatic carbocycles. The van der Waals surface area contributed by atoms with Gasteiger partial charge in [0.2, 0.25) is 0 Å². The van der Waals surface area contributed by atoms with Gasteiger partial charge in [0.1, 0.15) is 0 Å². The molecule has 0 aliphatic carbocycles. The van der Waals surface area contributed by atoms with Crippen molar-refractivity contribution in [2.45, 2.75) is 0 Å². The fraction of sp³-hybridized carbons (Fsp3) is 0.500. The fourth-order valence-corrected chi connectivity index (χ4v) is 0. The van der Waals surface area contributed by atoms with E-state index in [4.69, 9.17) is 0 Å². The zero-order valence-electron chi connectivity index (χ0n) is 5.18. The van der Waals surface area contributed by atoms with Gasteiger partial charge in [-0.2, -0.15) is 0 Å². The Morgan fingerprint density at radius 1 is 1.50 bits per heavy atom. The van der Waals surface area contributed by atoms with E-state index in [9.17, 15) is 0 Å². The summed E-state index contributed by atoms with van der Waals surface area (Å²) in [5, 5.41) is 0. The van der Waals surface area contributed by atoms with Crippen molar-refractivity contribution in [2.75, 3.05) is 5.75 Å². The summed E-state index contributed by atoms with van der Waals surface area (Å²) in [7, 11) is 0. The molecule has 0 bridgehead atoms. The standard InChI is InChI=1S/C2H5S2.2Li.H/c3-1-2-4;;;/h1,3-4H,2H2;;;/q-1;2*+1;-1. The Hall–Kier alpha value is 1.89. The van der Waals surface area contributed by atoms with Gasteiger partial charge in [0.25, 0.3) is 0 Å². The first-order valence-corrected chi connectivity index (χ1v) is 2.13. The molecule has 0 radical (unpaired) electrons. The molecule has 0 saturated heterocycles. The maximum atomic E-state index is 3.79. The SMILES string of the molecule is S[CH-]CS.[H-].[Li+].[Li+]. The smallest absolute Gasteiger partial charge is 1.00 e. The summed E-state index contributed by atoms with van der Waals surface area (Å²) in [6, 6.07) is 0. The van der Waals surface area contributed by atoms with E-state index in [0.717, 1.165) is 5.75 Å². The molecule has 0 amide bonds. The molecule has 0 saturated carbocycles. The molecule has 0 aliphatic rings. The van der Waals surface area contributed by atoms with Crippen molar-refractivity contribution in [3.8, 4) is 0 Å². The summed E-state index contributed by atoms with van der Waals surface area (Å²) in [5.74, 6) is 2.44. The van der Waals surface area contributed by atoms with Crippen LogP contribution in [0.25, 0.3) is 0 Å². The monoisotopic (exact) mass is 108 g/mol. The second kappa shape index (κ2) is 15.8. The third kappa shape index (κ3) is 16.9. The molecule has 28 valence electrons. The molecule has 0 rings (SSSR count). The van der Waals surface area contributed by atoms with Crippen molar-refractivity contribution in [1.29, 1.82) is 0 Å². The van der Waals surface area contributed by atoms with Gasteiger partial charge >= 0.3 is 37.7 Å². The van der Waals surface area contributed by atoms with E-state index in [0.29, 0.717) is 0 Å². The Morgan fingerprint density at radius 2 is 1.67 bits per heavy atom. The summed E-state index contributed by atoms with van der Waals surface area (Å²) >= 11 is 7.51. The zero-order chi connectivity index (χ0) is 3.41. The molecule has 0 spiro atoms. The molecule has 0 aromatic heterocycles. The first-order valence-electron chi connectivity index (χ1n) is 0.983. The van der Waals surface area contributed by atoms with Gasteiger partial charge in [-0.3, -0.25) is 5.75 Å². The van der Waals surface area contributed by atoms with Gasteiger partial charge < -0.3 is 14.1 Å². The topological polar surface area (TPSA) is 0 Å². The Kier molecular flexibility index (Phi) is 41.2. The second-order valence-electron chi connectivity index (χ2n) is 0.365. The minimum Gasteiger partial charge on any atom is -1.00 e. The predicted octanol–water partition coefficient (Wildman–Crippen LogP) is -4.87. The van der Waals surface area contributed by atoms with Crippen LogP contribution in [0.1, 0.15) is 1.43 Å². The van der Waals surface area contributed by atoms with Crippen LogP contribution in [0.2, 0.25) is 0 Å². The van der Waals surface area contributed by atoms with Crippen LogP contribution in [0, 0.1) is 5.75 Å². The molecule has 0 heterocycles. The number of hydrogen-bond acceptors (Lipinski definition) is 2. The Balaban J connectivity index is -0.0000000150. The van der Waals surface area contributed by atoms with E-state index < -0.39 is 0 Å². The molecule has 0 atom stereocenters. The number of thiol groups is 2. The van der Waals surface area contributed by atoms with Gasteiger partial charge in [-0.05, 0) is 0 Å². The molecule has 0 N–H and O–H groups in total. The van der Waals surface area contributed by atoms with Crippen molar-refractivity contribution in [1.82, 2.24) is 0 Å². The van der Waals surface area contributed by atoms with Crippen LogP contribution in [-0.2, 0) is 0 Å². The van der Waals surface area contributed by atoms with Crippen molar-refractivity contribution in [3.05, 3.63) is 5.75 Å². The maximum absolute atomic E-state index is 3.79. The predicted molar refractivity (Wildman–Crippen MR) is 28.3 cm³/mol. The first-order chi connectivity index (χ1) is 1.91. The Bertz CT molecular complexity index is 15.7. The average Bonchev–Trinajstić information content (AvgIpc) is 1.37.